The average Bonchev–Trinajstić information content (AvgIpc) is 3.19. The fourth-order valence-corrected chi connectivity index (χ4v) is 2.91. The summed E-state index contributed by atoms with van der Waals surface area (Å²) in [6.45, 7) is 3.76. The van der Waals surface area contributed by atoms with Gasteiger partial charge in [0.25, 0.3) is 5.91 Å². The standard InChI is InChI=1S/C23H25N3O4/c1-16(2)30-21(27)13-14-24-23(28)20-15-26(18-7-5-4-6-8-18)25-22(20)17-9-11-19(29-3)12-10-17/h4-12,15-16H,13-14H2,1-3H3,(H,24,28). The van der Waals surface area contributed by atoms with Gasteiger partial charge in [-0.15, -0.1) is 0 Å². The Hall–Kier alpha value is -3.61. The largest absolute Gasteiger partial charge is 0.497 e. The van der Waals surface area contributed by atoms with Crippen molar-refractivity contribution in [2.75, 3.05) is 13.7 Å². The molecule has 1 aromatic heterocycles. The van der Waals surface area contributed by atoms with Gasteiger partial charge < -0.3 is 14.8 Å². The predicted molar refractivity (Wildman–Crippen MR) is 114 cm³/mol. The van der Waals surface area contributed by atoms with Crippen molar-refractivity contribution in [3.05, 3.63) is 66.4 Å². The Balaban J connectivity index is 1.84. The van der Waals surface area contributed by atoms with E-state index in [1.54, 1.807) is 31.8 Å². The van der Waals surface area contributed by atoms with Crippen LogP contribution in [0.4, 0.5) is 0 Å². The molecule has 0 spiro atoms. The van der Waals surface area contributed by atoms with E-state index >= 15 is 0 Å². The first kappa shape index (κ1) is 21.1. The first-order valence-electron chi connectivity index (χ1n) is 9.75. The molecule has 1 heterocycles. The van der Waals surface area contributed by atoms with Gasteiger partial charge in [0.2, 0.25) is 0 Å². The maximum atomic E-state index is 12.9. The Bertz CT molecular complexity index is 995. The van der Waals surface area contributed by atoms with E-state index in [4.69, 9.17) is 9.47 Å². The number of benzene rings is 2. The Kier molecular flexibility index (Phi) is 6.85. The molecule has 0 saturated carbocycles. The minimum absolute atomic E-state index is 0.106. The number of nitrogens with one attached hydrogen (secondary N) is 1. The second-order valence-corrected chi connectivity index (χ2v) is 6.94. The summed E-state index contributed by atoms with van der Waals surface area (Å²) >= 11 is 0. The van der Waals surface area contributed by atoms with Gasteiger partial charge in [-0.1, -0.05) is 18.2 Å². The molecule has 2 aromatic carbocycles. The van der Waals surface area contributed by atoms with E-state index in [1.165, 1.54) is 0 Å². The van der Waals surface area contributed by atoms with Gasteiger partial charge >= 0.3 is 5.97 Å². The Morgan fingerprint density at radius 2 is 1.77 bits per heavy atom. The monoisotopic (exact) mass is 407 g/mol. The number of hydrogen-bond donors (Lipinski definition) is 1. The minimum Gasteiger partial charge on any atom is -0.497 e. The third kappa shape index (κ3) is 5.26. The number of ether oxygens (including phenoxy) is 2. The van der Waals surface area contributed by atoms with Gasteiger partial charge in [0.05, 0.1) is 30.9 Å². The maximum Gasteiger partial charge on any atom is 0.307 e. The molecular formula is C23H25N3O4. The third-order valence-electron chi connectivity index (χ3n) is 4.32. The van der Waals surface area contributed by atoms with E-state index in [9.17, 15) is 9.59 Å². The molecule has 1 amide bonds. The van der Waals surface area contributed by atoms with Crippen LogP contribution < -0.4 is 10.1 Å². The highest BCUT2D eigenvalue weighted by Gasteiger charge is 2.19. The molecule has 0 radical (unpaired) electrons. The predicted octanol–water partition coefficient (Wildman–Crippen LogP) is 3.62. The molecule has 0 unspecified atom stereocenters. The van der Waals surface area contributed by atoms with Crippen molar-refractivity contribution in [3.8, 4) is 22.7 Å². The van der Waals surface area contributed by atoms with Crippen LogP contribution in [-0.2, 0) is 9.53 Å². The third-order valence-corrected chi connectivity index (χ3v) is 4.32. The number of methoxy groups -OCH3 is 1. The summed E-state index contributed by atoms with van der Waals surface area (Å²) in [5.41, 5.74) is 2.59. The number of aromatic nitrogens is 2. The summed E-state index contributed by atoms with van der Waals surface area (Å²) in [6, 6.07) is 16.9. The van der Waals surface area contributed by atoms with Crippen LogP contribution in [0, 0.1) is 0 Å². The maximum absolute atomic E-state index is 12.9. The minimum atomic E-state index is -0.347. The van der Waals surface area contributed by atoms with E-state index < -0.39 is 0 Å². The zero-order valence-corrected chi connectivity index (χ0v) is 17.3. The Morgan fingerprint density at radius 3 is 2.40 bits per heavy atom. The first-order chi connectivity index (χ1) is 14.5. The molecule has 0 saturated heterocycles. The van der Waals surface area contributed by atoms with E-state index in [0.29, 0.717) is 11.3 Å². The number of amides is 1. The fourth-order valence-electron chi connectivity index (χ4n) is 2.91. The van der Waals surface area contributed by atoms with E-state index in [0.717, 1.165) is 17.0 Å². The molecule has 0 fully saturated rings. The van der Waals surface area contributed by atoms with Crippen LogP contribution in [0.3, 0.4) is 0 Å². The van der Waals surface area contributed by atoms with Crippen LogP contribution in [0.2, 0.25) is 0 Å². The highest BCUT2D eigenvalue weighted by molar-refractivity contribution is 6.00. The van der Waals surface area contributed by atoms with Gasteiger partial charge in [-0.3, -0.25) is 9.59 Å². The smallest absolute Gasteiger partial charge is 0.307 e. The summed E-state index contributed by atoms with van der Waals surface area (Å²) in [6.07, 6.45) is 1.62. The summed E-state index contributed by atoms with van der Waals surface area (Å²) in [5.74, 6) is 0.0666. The van der Waals surface area contributed by atoms with Crippen molar-refractivity contribution >= 4 is 11.9 Å². The van der Waals surface area contributed by atoms with Crippen LogP contribution in [0.5, 0.6) is 5.75 Å². The molecule has 1 N–H and O–H groups in total. The van der Waals surface area contributed by atoms with Gasteiger partial charge in [0, 0.05) is 18.3 Å². The van der Waals surface area contributed by atoms with E-state index in [1.807, 2.05) is 54.6 Å². The van der Waals surface area contributed by atoms with Crippen molar-refractivity contribution in [1.29, 1.82) is 0 Å². The molecule has 0 aliphatic heterocycles. The van der Waals surface area contributed by atoms with Crippen LogP contribution in [-0.4, -0.2) is 41.4 Å². The Morgan fingerprint density at radius 1 is 1.07 bits per heavy atom. The lowest BCUT2D eigenvalue weighted by Gasteiger charge is -2.08. The lowest BCUT2D eigenvalue weighted by Crippen LogP contribution is -2.27. The molecule has 7 heteroatoms. The number of carbonyl (C=O) groups is 2. The second kappa shape index (κ2) is 9.73. The zero-order chi connectivity index (χ0) is 21.5. The van der Waals surface area contributed by atoms with Gasteiger partial charge in [0.15, 0.2) is 0 Å². The summed E-state index contributed by atoms with van der Waals surface area (Å²) in [7, 11) is 1.60. The highest BCUT2D eigenvalue weighted by atomic mass is 16.5. The molecule has 0 bridgehead atoms. The number of carbonyl (C=O) groups excluding carboxylic acids is 2. The van der Waals surface area contributed by atoms with Crippen molar-refractivity contribution in [2.24, 2.45) is 0 Å². The number of para-hydroxylation sites is 1. The number of rotatable bonds is 8. The molecule has 7 nitrogen and oxygen atoms in total. The molecule has 0 aliphatic carbocycles. The first-order valence-corrected chi connectivity index (χ1v) is 9.75. The van der Waals surface area contributed by atoms with Crippen LogP contribution in [0.15, 0.2) is 60.8 Å². The summed E-state index contributed by atoms with van der Waals surface area (Å²) in [5, 5.41) is 7.42. The van der Waals surface area contributed by atoms with E-state index in [2.05, 4.69) is 10.4 Å². The molecule has 30 heavy (non-hydrogen) atoms. The van der Waals surface area contributed by atoms with Gasteiger partial charge in [-0.2, -0.15) is 5.10 Å². The molecule has 0 aliphatic rings. The van der Waals surface area contributed by atoms with Crippen molar-refractivity contribution < 1.29 is 19.1 Å². The molecule has 156 valence electrons. The SMILES string of the molecule is COc1ccc(-c2nn(-c3ccccc3)cc2C(=O)NCCC(=O)OC(C)C)cc1. The molecule has 0 atom stereocenters. The van der Waals surface area contributed by atoms with Crippen LogP contribution in [0.25, 0.3) is 16.9 Å². The second-order valence-electron chi connectivity index (χ2n) is 6.94. The van der Waals surface area contributed by atoms with Crippen LogP contribution >= 0.6 is 0 Å². The normalized spacial score (nSPS) is 10.7. The summed E-state index contributed by atoms with van der Waals surface area (Å²) < 4.78 is 12.0. The molecular weight excluding hydrogens is 382 g/mol. The highest BCUT2D eigenvalue weighted by Crippen LogP contribution is 2.26. The molecule has 3 aromatic rings. The summed E-state index contributed by atoms with van der Waals surface area (Å²) in [4.78, 5) is 24.6. The topological polar surface area (TPSA) is 82.5 Å². The number of esters is 1. The number of hydrogen-bond acceptors (Lipinski definition) is 5. The van der Waals surface area contributed by atoms with Crippen LogP contribution in [0.1, 0.15) is 30.6 Å². The molecule has 3 rings (SSSR count). The van der Waals surface area contributed by atoms with Crippen molar-refractivity contribution in [2.45, 2.75) is 26.4 Å². The average molecular weight is 407 g/mol. The van der Waals surface area contributed by atoms with Crippen molar-refractivity contribution in [3.63, 3.8) is 0 Å². The van der Waals surface area contributed by atoms with Gasteiger partial charge in [-0.25, -0.2) is 4.68 Å². The zero-order valence-electron chi connectivity index (χ0n) is 17.3. The Labute approximate surface area is 175 Å². The number of nitrogens with zero attached hydrogens (tertiary/aromatic N) is 2. The van der Waals surface area contributed by atoms with Crippen molar-refractivity contribution in [1.82, 2.24) is 15.1 Å². The fraction of sp³-hybridized carbons (Fsp3) is 0.261. The van der Waals surface area contributed by atoms with Gasteiger partial charge in [0.1, 0.15) is 11.4 Å². The van der Waals surface area contributed by atoms with Gasteiger partial charge in [-0.05, 0) is 50.2 Å². The lowest BCUT2D eigenvalue weighted by molar-refractivity contribution is -0.147. The quantitative estimate of drug-likeness (QED) is 0.577. The van der Waals surface area contributed by atoms with E-state index in [-0.39, 0.29) is 30.9 Å². The lowest BCUT2D eigenvalue weighted by atomic mass is 10.1.